The highest BCUT2D eigenvalue weighted by molar-refractivity contribution is 6.28. The van der Waals surface area contributed by atoms with Crippen LogP contribution in [0, 0.1) is 0 Å². The Bertz CT molecular complexity index is 2620. The molecule has 0 N–H and O–H groups in total. The summed E-state index contributed by atoms with van der Waals surface area (Å²) in [6, 6.07) is 60.7. The standard InChI is InChI=1S/C46H30N4/c1-3-11-33(12-4-1)49(41-19-7-17-39-35(41)15-9-29-47-39)43-27-23-31-22-26-38-44(28-24-32-21-25-37(43)45(31)46(32)38)50(34-13-5-2-6-14-34)42-20-8-18-40-36(42)16-10-30-48-40/h1-30H. The van der Waals surface area contributed by atoms with E-state index >= 15 is 0 Å². The largest absolute Gasteiger partial charge is 0.309 e. The van der Waals surface area contributed by atoms with Gasteiger partial charge in [-0.25, -0.2) is 0 Å². The maximum absolute atomic E-state index is 4.70. The van der Waals surface area contributed by atoms with Crippen molar-refractivity contribution in [3.8, 4) is 0 Å². The molecule has 0 saturated carbocycles. The molecule has 8 aromatic carbocycles. The van der Waals surface area contributed by atoms with Crippen molar-refractivity contribution in [3.05, 3.63) is 182 Å². The second kappa shape index (κ2) is 11.4. The molecule has 0 unspecified atom stereocenters. The maximum Gasteiger partial charge on any atom is 0.0723 e. The lowest BCUT2D eigenvalue weighted by Gasteiger charge is -2.30. The van der Waals surface area contributed by atoms with Crippen LogP contribution in [0.15, 0.2) is 182 Å². The molecule has 0 amide bonds. The minimum Gasteiger partial charge on any atom is -0.309 e. The minimum absolute atomic E-state index is 0.970. The van der Waals surface area contributed by atoms with Crippen LogP contribution in [-0.4, -0.2) is 9.97 Å². The van der Waals surface area contributed by atoms with Gasteiger partial charge in [-0.15, -0.1) is 0 Å². The van der Waals surface area contributed by atoms with Gasteiger partial charge in [0.2, 0.25) is 0 Å². The molecule has 10 rings (SSSR count). The van der Waals surface area contributed by atoms with Crippen molar-refractivity contribution in [3.63, 3.8) is 0 Å². The normalized spacial score (nSPS) is 11.6. The Balaban J connectivity index is 1.27. The molecule has 0 aliphatic rings. The summed E-state index contributed by atoms with van der Waals surface area (Å²) < 4.78 is 0. The molecule has 0 spiro atoms. The number of nitrogens with zero attached hydrogens (tertiary/aromatic N) is 4. The van der Waals surface area contributed by atoms with Gasteiger partial charge in [0, 0.05) is 45.3 Å². The molecule has 0 saturated heterocycles. The van der Waals surface area contributed by atoms with E-state index in [-0.39, 0.29) is 0 Å². The number of para-hydroxylation sites is 2. The van der Waals surface area contributed by atoms with E-state index < -0.39 is 0 Å². The highest BCUT2D eigenvalue weighted by Crippen LogP contribution is 2.48. The second-order valence-corrected chi connectivity index (χ2v) is 12.6. The SMILES string of the molecule is c1ccc(N(c2cccc3ncccc23)c2ccc3ccc4c(N(c5ccccc5)c5cccc6ncccc56)ccc5ccc2c3c54)cc1. The van der Waals surface area contributed by atoms with Gasteiger partial charge in [0.1, 0.15) is 0 Å². The molecule has 2 aromatic heterocycles. The van der Waals surface area contributed by atoms with E-state index in [1.807, 2.05) is 24.5 Å². The highest BCUT2D eigenvalue weighted by atomic mass is 15.2. The predicted molar refractivity (Wildman–Crippen MR) is 210 cm³/mol. The van der Waals surface area contributed by atoms with Crippen LogP contribution >= 0.6 is 0 Å². The van der Waals surface area contributed by atoms with Crippen LogP contribution in [0.1, 0.15) is 0 Å². The van der Waals surface area contributed by atoms with E-state index in [4.69, 9.17) is 9.97 Å². The summed E-state index contributed by atoms with van der Waals surface area (Å²) in [4.78, 5) is 14.2. The van der Waals surface area contributed by atoms with Gasteiger partial charge in [0.25, 0.3) is 0 Å². The minimum atomic E-state index is 0.970. The molecule has 0 fully saturated rings. The number of hydrogen-bond acceptors (Lipinski definition) is 4. The third kappa shape index (κ3) is 4.39. The van der Waals surface area contributed by atoms with Crippen molar-refractivity contribution in [2.75, 3.05) is 9.80 Å². The quantitative estimate of drug-likeness (QED) is 0.170. The van der Waals surface area contributed by atoms with E-state index in [1.165, 1.54) is 32.3 Å². The number of benzene rings is 8. The maximum atomic E-state index is 4.70. The molecular weight excluding hydrogens is 609 g/mol. The number of rotatable bonds is 6. The van der Waals surface area contributed by atoms with Crippen molar-refractivity contribution in [1.82, 2.24) is 9.97 Å². The monoisotopic (exact) mass is 638 g/mol. The lowest BCUT2D eigenvalue weighted by Crippen LogP contribution is -2.12. The van der Waals surface area contributed by atoms with Gasteiger partial charge in [-0.1, -0.05) is 84.9 Å². The fraction of sp³-hybridized carbons (Fsp3) is 0. The number of aromatic nitrogens is 2. The lowest BCUT2D eigenvalue weighted by molar-refractivity contribution is 1.30. The first-order chi connectivity index (χ1) is 24.8. The summed E-state index contributed by atoms with van der Waals surface area (Å²) >= 11 is 0. The van der Waals surface area contributed by atoms with Crippen molar-refractivity contribution < 1.29 is 0 Å². The molecule has 0 aliphatic carbocycles. The molecule has 50 heavy (non-hydrogen) atoms. The van der Waals surface area contributed by atoms with Gasteiger partial charge in [-0.2, -0.15) is 0 Å². The molecule has 0 aliphatic heterocycles. The van der Waals surface area contributed by atoms with Crippen LogP contribution in [0.2, 0.25) is 0 Å². The Kier molecular flexibility index (Phi) is 6.46. The van der Waals surface area contributed by atoms with Crippen LogP contribution < -0.4 is 9.80 Å². The second-order valence-electron chi connectivity index (χ2n) is 12.6. The summed E-state index contributed by atoms with van der Waals surface area (Å²) in [5.41, 5.74) is 8.57. The molecule has 0 bridgehead atoms. The van der Waals surface area contributed by atoms with Crippen LogP contribution in [0.5, 0.6) is 0 Å². The van der Waals surface area contributed by atoms with E-state index in [1.54, 1.807) is 0 Å². The molecule has 4 heteroatoms. The average molecular weight is 639 g/mol. The number of fused-ring (bicyclic) bond motifs is 2. The first kappa shape index (κ1) is 28.3. The zero-order valence-corrected chi connectivity index (χ0v) is 27.1. The fourth-order valence-corrected chi connectivity index (χ4v) is 7.69. The topological polar surface area (TPSA) is 32.3 Å². The van der Waals surface area contributed by atoms with E-state index in [0.717, 1.165) is 55.9 Å². The van der Waals surface area contributed by atoms with Crippen molar-refractivity contribution in [2.45, 2.75) is 0 Å². The molecule has 10 aromatic rings. The lowest BCUT2D eigenvalue weighted by atomic mass is 9.91. The van der Waals surface area contributed by atoms with Gasteiger partial charge in [0.15, 0.2) is 0 Å². The molecule has 4 nitrogen and oxygen atoms in total. The van der Waals surface area contributed by atoms with Gasteiger partial charge in [-0.3, -0.25) is 9.97 Å². The number of anilines is 6. The summed E-state index contributed by atoms with van der Waals surface area (Å²) in [6.45, 7) is 0. The van der Waals surface area contributed by atoms with Crippen LogP contribution in [0.4, 0.5) is 34.1 Å². The van der Waals surface area contributed by atoms with E-state index in [0.29, 0.717) is 0 Å². The molecule has 0 radical (unpaired) electrons. The first-order valence-corrected chi connectivity index (χ1v) is 16.9. The third-order valence-corrected chi connectivity index (χ3v) is 9.86. The summed E-state index contributed by atoms with van der Waals surface area (Å²) in [5.74, 6) is 0. The zero-order chi connectivity index (χ0) is 33.0. The molecular formula is C46H30N4. The van der Waals surface area contributed by atoms with Crippen molar-refractivity contribution in [1.29, 1.82) is 0 Å². The average Bonchev–Trinajstić information content (AvgIpc) is 3.19. The fourth-order valence-electron chi connectivity index (χ4n) is 7.69. The van der Waals surface area contributed by atoms with Crippen LogP contribution in [0.25, 0.3) is 54.1 Å². The van der Waals surface area contributed by atoms with Crippen molar-refractivity contribution >= 4 is 88.2 Å². The van der Waals surface area contributed by atoms with E-state index in [2.05, 4.69) is 168 Å². The van der Waals surface area contributed by atoms with Crippen LogP contribution in [-0.2, 0) is 0 Å². The predicted octanol–water partition coefficient (Wildman–Crippen LogP) is 12.6. The van der Waals surface area contributed by atoms with E-state index in [9.17, 15) is 0 Å². The summed E-state index contributed by atoms with van der Waals surface area (Å²) in [5, 5.41) is 9.55. The van der Waals surface area contributed by atoms with Gasteiger partial charge >= 0.3 is 0 Å². The number of hydrogen-bond donors (Lipinski definition) is 0. The Morgan fingerprint density at radius 2 is 0.720 bits per heavy atom. The third-order valence-electron chi connectivity index (χ3n) is 9.86. The number of pyridine rings is 2. The van der Waals surface area contributed by atoms with Crippen LogP contribution in [0.3, 0.4) is 0 Å². The Morgan fingerprint density at radius 1 is 0.300 bits per heavy atom. The summed E-state index contributed by atoms with van der Waals surface area (Å²) in [7, 11) is 0. The van der Waals surface area contributed by atoms with Gasteiger partial charge in [-0.05, 0) is 106 Å². The molecule has 234 valence electrons. The molecule has 0 atom stereocenters. The first-order valence-electron chi connectivity index (χ1n) is 16.9. The van der Waals surface area contributed by atoms with Gasteiger partial charge in [0.05, 0.1) is 33.8 Å². The van der Waals surface area contributed by atoms with Crippen molar-refractivity contribution in [2.24, 2.45) is 0 Å². The smallest absolute Gasteiger partial charge is 0.0723 e. The zero-order valence-electron chi connectivity index (χ0n) is 27.1. The highest BCUT2D eigenvalue weighted by Gasteiger charge is 2.23. The Hall–Kier alpha value is -6.78. The Morgan fingerprint density at radius 3 is 1.18 bits per heavy atom. The summed E-state index contributed by atoms with van der Waals surface area (Å²) in [6.07, 6.45) is 3.72. The Labute approximate surface area is 289 Å². The molecule has 2 heterocycles. The van der Waals surface area contributed by atoms with Gasteiger partial charge < -0.3 is 9.80 Å².